The summed E-state index contributed by atoms with van der Waals surface area (Å²) < 4.78 is 19.1. The van der Waals surface area contributed by atoms with Crippen LogP contribution in [0.25, 0.3) is 11.3 Å². The van der Waals surface area contributed by atoms with Crippen LogP contribution in [0.4, 0.5) is 4.39 Å². The summed E-state index contributed by atoms with van der Waals surface area (Å²) in [5.74, 6) is -0.927. The van der Waals surface area contributed by atoms with Crippen LogP contribution in [0.15, 0.2) is 60.7 Å². The molecule has 0 aliphatic carbocycles. The van der Waals surface area contributed by atoms with E-state index in [1.807, 2.05) is 30.3 Å². The van der Waals surface area contributed by atoms with E-state index >= 15 is 0 Å². The van der Waals surface area contributed by atoms with E-state index in [1.54, 1.807) is 12.1 Å². The Morgan fingerprint density at radius 2 is 1.85 bits per heavy atom. The molecule has 3 rings (SSSR count). The zero-order valence-corrected chi connectivity index (χ0v) is 14.4. The van der Waals surface area contributed by atoms with Gasteiger partial charge >= 0.3 is 0 Å². The van der Waals surface area contributed by atoms with Crippen molar-refractivity contribution in [3.05, 3.63) is 77.1 Å². The Morgan fingerprint density at radius 1 is 1.04 bits per heavy atom. The van der Waals surface area contributed by atoms with Crippen molar-refractivity contribution in [2.24, 2.45) is 0 Å². The number of amides is 1. The Balaban J connectivity index is 1.50. The summed E-state index contributed by atoms with van der Waals surface area (Å²) in [6.07, 6.45) is 0. The van der Waals surface area contributed by atoms with E-state index in [0.717, 1.165) is 11.3 Å². The number of aromatic nitrogens is 2. The lowest BCUT2D eigenvalue weighted by molar-refractivity contribution is 0.0942. The van der Waals surface area contributed by atoms with Crippen LogP contribution in [0.1, 0.15) is 10.4 Å². The van der Waals surface area contributed by atoms with Gasteiger partial charge in [0, 0.05) is 11.6 Å². The quantitative estimate of drug-likeness (QED) is 0.670. The molecular formula is C19H15ClFN3O2. The summed E-state index contributed by atoms with van der Waals surface area (Å²) in [5.41, 5.74) is 1.52. The Hall–Kier alpha value is -2.99. The largest absolute Gasteiger partial charge is 0.475 e. The Kier molecular flexibility index (Phi) is 5.76. The monoisotopic (exact) mass is 371 g/mol. The maximum absolute atomic E-state index is 13.7. The SMILES string of the molecule is O=C(NCCOc1ccc(-c2ccccc2)nn1)c1c(F)cccc1Cl. The Labute approximate surface area is 154 Å². The number of nitrogens with one attached hydrogen (secondary N) is 1. The minimum absolute atomic E-state index is 0.0609. The standard InChI is InChI=1S/C19H15ClFN3O2/c20-14-7-4-8-15(21)18(14)19(25)22-11-12-26-17-10-9-16(23-24-17)13-5-2-1-3-6-13/h1-10H,11-12H2,(H,22,25). The van der Waals surface area contributed by atoms with Gasteiger partial charge in [-0.1, -0.05) is 48.0 Å². The summed E-state index contributed by atoms with van der Waals surface area (Å²) >= 11 is 5.85. The first kappa shape index (κ1) is 17.8. The molecule has 1 aromatic heterocycles. The smallest absolute Gasteiger partial charge is 0.255 e. The van der Waals surface area contributed by atoms with Crippen LogP contribution in [0.2, 0.25) is 5.02 Å². The molecule has 5 nitrogen and oxygen atoms in total. The fraction of sp³-hybridized carbons (Fsp3) is 0.105. The maximum atomic E-state index is 13.7. The van der Waals surface area contributed by atoms with E-state index in [2.05, 4.69) is 15.5 Å². The topological polar surface area (TPSA) is 64.1 Å². The van der Waals surface area contributed by atoms with Crippen LogP contribution in [0.3, 0.4) is 0 Å². The van der Waals surface area contributed by atoms with Crippen LogP contribution in [0.5, 0.6) is 5.88 Å². The molecule has 3 aromatic rings. The molecule has 0 unspecified atom stereocenters. The van der Waals surface area contributed by atoms with Crippen molar-refractivity contribution >= 4 is 17.5 Å². The number of carbonyl (C=O) groups excluding carboxylic acids is 1. The molecule has 2 aromatic carbocycles. The van der Waals surface area contributed by atoms with Crippen LogP contribution in [-0.2, 0) is 0 Å². The van der Waals surface area contributed by atoms with Crippen LogP contribution in [-0.4, -0.2) is 29.3 Å². The van der Waals surface area contributed by atoms with Crippen molar-refractivity contribution < 1.29 is 13.9 Å². The third-order valence-corrected chi connectivity index (χ3v) is 3.85. The number of ether oxygens (including phenoxy) is 1. The van der Waals surface area contributed by atoms with Gasteiger partial charge in [-0.3, -0.25) is 4.79 Å². The molecule has 1 N–H and O–H groups in total. The molecule has 26 heavy (non-hydrogen) atoms. The number of hydrogen-bond donors (Lipinski definition) is 1. The first-order valence-corrected chi connectivity index (χ1v) is 8.27. The van der Waals surface area contributed by atoms with Crippen molar-refractivity contribution in [3.63, 3.8) is 0 Å². The molecule has 0 bridgehead atoms. The lowest BCUT2D eigenvalue weighted by atomic mass is 10.1. The van der Waals surface area contributed by atoms with Crippen molar-refractivity contribution in [2.75, 3.05) is 13.2 Å². The highest BCUT2D eigenvalue weighted by Crippen LogP contribution is 2.19. The lowest BCUT2D eigenvalue weighted by Gasteiger charge is -2.09. The summed E-state index contributed by atoms with van der Waals surface area (Å²) in [5, 5.41) is 10.7. The first-order valence-electron chi connectivity index (χ1n) is 7.89. The van der Waals surface area contributed by atoms with E-state index in [-0.39, 0.29) is 23.7 Å². The van der Waals surface area contributed by atoms with Crippen LogP contribution in [0, 0.1) is 5.82 Å². The van der Waals surface area contributed by atoms with Crippen molar-refractivity contribution in [3.8, 4) is 17.1 Å². The van der Waals surface area contributed by atoms with Crippen molar-refractivity contribution in [2.45, 2.75) is 0 Å². The van der Waals surface area contributed by atoms with Gasteiger partial charge in [0.2, 0.25) is 5.88 Å². The van der Waals surface area contributed by atoms with E-state index < -0.39 is 11.7 Å². The molecule has 0 fully saturated rings. The highest BCUT2D eigenvalue weighted by molar-refractivity contribution is 6.33. The van der Waals surface area contributed by atoms with Gasteiger partial charge < -0.3 is 10.1 Å². The van der Waals surface area contributed by atoms with Gasteiger partial charge in [-0.05, 0) is 18.2 Å². The van der Waals surface area contributed by atoms with Gasteiger partial charge in [0.25, 0.3) is 5.91 Å². The van der Waals surface area contributed by atoms with Gasteiger partial charge in [0.1, 0.15) is 12.4 Å². The van der Waals surface area contributed by atoms with Crippen LogP contribution < -0.4 is 10.1 Å². The molecule has 0 aliphatic rings. The second-order valence-corrected chi connectivity index (χ2v) is 5.73. The molecule has 1 amide bonds. The fourth-order valence-corrected chi connectivity index (χ4v) is 2.53. The summed E-state index contributed by atoms with van der Waals surface area (Å²) in [6, 6.07) is 17.2. The third-order valence-electron chi connectivity index (χ3n) is 3.54. The van der Waals surface area contributed by atoms with Gasteiger partial charge in [0.05, 0.1) is 22.8 Å². The van der Waals surface area contributed by atoms with Gasteiger partial charge in [0.15, 0.2) is 0 Å². The zero-order chi connectivity index (χ0) is 18.4. The zero-order valence-electron chi connectivity index (χ0n) is 13.7. The first-order chi connectivity index (χ1) is 12.6. The average Bonchev–Trinajstić information content (AvgIpc) is 2.66. The van der Waals surface area contributed by atoms with E-state index in [4.69, 9.17) is 16.3 Å². The number of benzene rings is 2. The molecule has 0 radical (unpaired) electrons. The summed E-state index contributed by atoms with van der Waals surface area (Å²) in [4.78, 5) is 12.0. The van der Waals surface area contributed by atoms with E-state index in [1.165, 1.54) is 18.2 Å². The molecular weight excluding hydrogens is 357 g/mol. The minimum atomic E-state index is -0.668. The second-order valence-electron chi connectivity index (χ2n) is 5.32. The number of carbonyl (C=O) groups is 1. The molecule has 0 spiro atoms. The minimum Gasteiger partial charge on any atom is -0.475 e. The number of hydrogen-bond acceptors (Lipinski definition) is 4. The highest BCUT2D eigenvalue weighted by Gasteiger charge is 2.15. The number of nitrogens with zero attached hydrogens (tertiary/aromatic N) is 2. The Morgan fingerprint density at radius 3 is 2.54 bits per heavy atom. The molecule has 1 heterocycles. The molecule has 0 atom stereocenters. The summed E-state index contributed by atoms with van der Waals surface area (Å²) in [7, 11) is 0. The second kappa shape index (κ2) is 8.40. The lowest BCUT2D eigenvalue weighted by Crippen LogP contribution is -2.29. The fourth-order valence-electron chi connectivity index (χ4n) is 2.28. The third kappa shape index (κ3) is 4.34. The average molecular weight is 372 g/mol. The van der Waals surface area contributed by atoms with E-state index in [9.17, 15) is 9.18 Å². The molecule has 132 valence electrons. The molecule has 7 heteroatoms. The highest BCUT2D eigenvalue weighted by atomic mass is 35.5. The maximum Gasteiger partial charge on any atom is 0.255 e. The number of rotatable bonds is 6. The predicted molar refractivity (Wildman–Crippen MR) is 96.7 cm³/mol. The number of halogens is 2. The predicted octanol–water partition coefficient (Wildman–Crippen LogP) is 3.74. The molecule has 0 saturated carbocycles. The van der Waals surface area contributed by atoms with Gasteiger partial charge in [-0.2, -0.15) is 0 Å². The molecule has 0 aliphatic heterocycles. The van der Waals surface area contributed by atoms with E-state index in [0.29, 0.717) is 5.88 Å². The van der Waals surface area contributed by atoms with Crippen LogP contribution >= 0.6 is 11.6 Å². The molecule has 0 saturated heterocycles. The normalized spacial score (nSPS) is 10.4. The van der Waals surface area contributed by atoms with Gasteiger partial charge in [-0.25, -0.2) is 4.39 Å². The Bertz CT molecular complexity index is 869. The van der Waals surface area contributed by atoms with Gasteiger partial charge in [-0.15, -0.1) is 10.2 Å². The van der Waals surface area contributed by atoms with Crippen molar-refractivity contribution in [1.29, 1.82) is 0 Å². The summed E-state index contributed by atoms with van der Waals surface area (Å²) in [6.45, 7) is 0.336. The van der Waals surface area contributed by atoms with Crippen molar-refractivity contribution in [1.82, 2.24) is 15.5 Å².